The van der Waals surface area contributed by atoms with Gasteiger partial charge < -0.3 is 10.1 Å². The smallest absolute Gasteiger partial charge is 0.124 e. The van der Waals surface area contributed by atoms with Crippen molar-refractivity contribution in [2.75, 3.05) is 39.5 Å². The second-order valence-electron chi connectivity index (χ2n) is 4.20. The number of hydrogen-bond donors (Lipinski definition) is 1. The molecule has 0 saturated carbocycles. The minimum atomic E-state index is 0.986. The minimum absolute atomic E-state index is 0.986. The van der Waals surface area contributed by atoms with Gasteiger partial charge in [0.05, 0.1) is 7.11 Å². The van der Waals surface area contributed by atoms with E-state index in [1.807, 2.05) is 0 Å². The van der Waals surface area contributed by atoms with Gasteiger partial charge in [0, 0.05) is 43.2 Å². The van der Waals surface area contributed by atoms with Crippen LogP contribution in [0.15, 0.2) is 23.1 Å². The maximum Gasteiger partial charge on any atom is 0.124 e. The van der Waals surface area contributed by atoms with E-state index in [2.05, 4.69) is 34.7 Å². The monoisotopic (exact) mass is 252 g/mol. The molecule has 17 heavy (non-hydrogen) atoms. The second-order valence-corrected chi connectivity index (χ2v) is 5.08. The summed E-state index contributed by atoms with van der Waals surface area (Å²) in [7, 11) is 1.75. The van der Waals surface area contributed by atoms with E-state index >= 15 is 0 Å². The van der Waals surface area contributed by atoms with Crippen LogP contribution < -0.4 is 10.1 Å². The molecule has 0 radical (unpaired) electrons. The number of benzene rings is 1. The molecule has 0 aromatic heterocycles. The number of piperazine rings is 1. The first kappa shape index (κ1) is 12.7. The summed E-state index contributed by atoms with van der Waals surface area (Å²) in [6.45, 7) is 5.40. The quantitative estimate of drug-likeness (QED) is 0.826. The van der Waals surface area contributed by atoms with Crippen molar-refractivity contribution in [2.45, 2.75) is 11.4 Å². The molecule has 1 N–H and O–H groups in total. The third-order valence-electron chi connectivity index (χ3n) is 3.10. The highest BCUT2D eigenvalue weighted by atomic mass is 32.2. The lowest BCUT2D eigenvalue weighted by Crippen LogP contribution is -2.42. The lowest BCUT2D eigenvalue weighted by molar-refractivity contribution is 0.230. The highest BCUT2D eigenvalue weighted by molar-refractivity contribution is 7.98. The highest BCUT2D eigenvalue weighted by Crippen LogP contribution is 2.26. The Hall–Kier alpha value is -0.710. The van der Waals surface area contributed by atoms with E-state index in [9.17, 15) is 0 Å². The first-order valence-electron chi connectivity index (χ1n) is 5.97. The Morgan fingerprint density at radius 1 is 1.35 bits per heavy atom. The molecule has 4 heteroatoms. The second kappa shape index (κ2) is 6.28. The van der Waals surface area contributed by atoms with E-state index < -0.39 is 0 Å². The van der Waals surface area contributed by atoms with Crippen molar-refractivity contribution in [1.29, 1.82) is 0 Å². The molecule has 1 aliphatic rings. The van der Waals surface area contributed by atoms with Crippen LogP contribution in [0.3, 0.4) is 0 Å². The van der Waals surface area contributed by atoms with Gasteiger partial charge in [0.1, 0.15) is 5.75 Å². The number of nitrogens with one attached hydrogen (secondary N) is 1. The average Bonchev–Trinajstić information content (AvgIpc) is 2.40. The summed E-state index contributed by atoms with van der Waals surface area (Å²) in [5, 5.41) is 3.37. The largest absolute Gasteiger partial charge is 0.496 e. The van der Waals surface area contributed by atoms with Crippen LogP contribution in [-0.2, 0) is 6.54 Å². The fourth-order valence-corrected chi connectivity index (χ4v) is 2.52. The Morgan fingerprint density at radius 2 is 2.12 bits per heavy atom. The molecule has 1 aliphatic heterocycles. The summed E-state index contributed by atoms with van der Waals surface area (Å²) in [5.41, 5.74) is 1.28. The van der Waals surface area contributed by atoms with E-state index in [1.165, 1.54) is 10.5 Å². The topological polar surface area (TPSA) is 24.5 Å². The van der Waals surface area contributed by atoms with E-state index in [0.29, 0.717) is 0 Å². The Kier molecular flexibility index (Phi) is 4.71. The third kappa shape index (κ3) is 3.37. The number of hydrogen-bond acceptors (Lipinski definition) is 4. The van der Waals surface area contributed by atoms with Gasteiger partial charge in [-0.3, -0.25) is 4.90 Å². The van der Waals surface area contributed by atoms with Gasteiger partial charge in [0.15, 0.2) is 0 Å². The van der Waals surface area contributed by atoms with Crippen LogP contribution in [0.25, 0.3) is 0 Å². The summed E-state index contributed by atoms with van der Waals surface area (Å²) >= 11 is 1.75. The normalized spacial score (nSPS) is 17.1. The molecule has 1 heterocycles. The first-order valence-corrected chi connectivity index (χ1v) is 7.20. The number of ether oxygens (including phenoxy) is 1. The van der Waals surface area contributed by atoms with Crippen LogP contribution in [0, 0.1) is 0 Å². The molecule has 2 rings (SSSR count). The zero-order valence-electron chi connectivity index (χ0n) is 10.5. The van der Waals surface area contributed by atoms with Crippen LogP contribution in [-0.4, -0.2) is 44.4 Å². The highest BCUT2D eigenvalue weighted by Gasteiger charge is 2.12. The van der Waals surface area contributed by atoms with E-state index in [1.54, 1.807) is 18.9 Å². The number of rotatable bonds is 4. The number of thioether (sulfide) groups is 1. The fourth-order valence-electron chi connectivity index (χ4n) is 2.09. The van der Waals surface area contributed by atoms with Gasteiger partial charge >= 0.3 is 0 Å². The van der Waals surface area contributed by atoms with Crippen molar-refractivity contribution in [3.8, 4) is 5.75 Å². The van der Waals surface area contributed by atoms with E-state index in [0.717, 1.165) is 38.5 Å². The van der Waals surface area contributed by atoms with Gasteiger partial charge in [0.25, 0.3) is 0 Å². The summed E-state index contributed by atoms with van der Waals surface area (Å²) in [5.74, 6) is 1.01. The molecule has 0 amide bonds. The van der Waals surface area contributed by atoms with Gasteiger partial charge in [-0.05, 0) is 18.4 Å². The Morgan fingerprint density at radius 3 is 2.76 bits per heavy atom. The standard InChI is InChI=1S/C13H20N2OS/c1-16-13-9-12(17-2)4-3-11(13)10-15-7-5-14-6-8-15/h3-4,9,14H,5-8,10H2,1-2H3. The molecule has 94 valence electrons. The molecule has 0 unspecified atom stereocenters. The van der Waals surface area contributed by atoms with Gasteiger partial charge in [0.2, 0.25) is 0 Å². The molecule has 1 fully saturated rings. The predicted octanol–water partition coefficient (Wildman–Crippen LogP) is 1.82. The van der Waals surface area contributed by atoms with Gasteiger partial charge in [-0.15, -0.1) is 11.8 Å². The van der Waals surface area contributed by atoms with Crippen molar-refractivity contribution in [3.63, 3.8) is 0 Å². The summed E-state index contributed by atoms with van der Waals surface area (Å²) < 4.78 is 5.47. The molecule has 0 aliphatic carbocycles. The third-order valence-corrected chi connectivity index (χ3v) is 3.82. The number of methoxy groups -OCH3 is 1. The van der Waals surface area contributed by atoms with E-state index in [4.69, 9.17) is 4.74 Å². The molecule has 1 aromatic carbocycles. The predicted molar refractivity (Wildman–Crippen MR) is 72.9 cm³/mol. The molecule has 0 atom stereocenters. The van der Waals surface area contributed by atoms with Crippen molar-refractivity contribution in [1.82, 2.24) is 10.2 Å². The van der Waals surface area contributed by atoms with Gasteiger partial charge in [-0.1, -0.05) is 6.07 Å². The zero-order valence-corrected chi connectivity index (χ0v) is 11.3. The Balaban J connectivity index is 2.08. The fraction of sp³-hybridized carbons (Fsp3) is 0.538. The summed E-state index contributed by atoms with van der Waals surface area (Å²) in [6.07, 6.45) is 2.09. The van der Waals surface area contributed by atoms with Crippen molar-refractivity contribution in [2.24, 2.45) is 0 Å². The number of nitrogens with zero attached hydrogens (tertiary/aromatic N) is 1. The lowest BCUT2D eigenvalue weighted by Gasteiger charge is -2.27. The van der Waals surface area contributed by atoms with Crippen molar-refractivity contribution in [3.05, 3.63) is 23.8 Å². The molecular formula is C13H20N2OS. The molecule has 1 saturated heterocycles. The Bertz CT molecular complexity index is 364. The Labute approximate surface area is 108 Å². The first-order chi connectivity index (χ1) is 8.33. The lowest BCUT2D eigenvalue weighted by atomic mass is 10.1. The van der Waals surface area contributed by atoms with Crippen LogP contribution in [0.5, 0.6) is 5.75 Å². The van der Waals surface area contributed by atoms with Crippen LogP contribution >= 0.6 is 11.8 Å². The van der Waals surface area contributed by atoms with Crippen LogP contribution in [0.4, 0.5) is 0 Å². The summed E-state index contributed by atoms with van der Waals surface area (Å²) in [6, 6.07) is 6.49. The van der Waals surface area contributed by atoms with Gasteiger partial charge in [-0.2, -0.15) is 0 Å². The van der Waals surface area contributed by atoms with Gasteiger partial charge in [-0.25, -0.2) is 0 Å². The molecule has 3 nitrogen and oxygen atoms in total. The SMILES string of the molecule is COc1cc(SC)ccc1CN1CCNCC1. The van der Waals surface area contributed by atoms with Crippen molar-refractivity contribution >= 4 is 11.8 Å². The van der Waals surface area contributed by atoms with Crippen molar-refractivity contribution < 1.29 is 4.74 Å². The summed E-state index contributed by atoms with van der Waals surface area (Å²) in [4.78, 5) is 3.72. The minimum Gasteiger partial charge on any atom is -0.496 e. The molecule has 1 aromatic rings. The zero-order chi connectivity index (χ0) is 12.1. The maximum absolute atomic E-state index is 5.47. The molecule has 0 spiro atoms. The molecular weight excluding hydrogens is 232 g/mol. The van der Waals surface area contributed by atoms with E-state index in [-0.39, 0.29) is 0 Å². The molecule has 0 bridgehead atoms. The average molecular weight is 252 g/mol. The van der Waals surface area contributed by atoms with Crippen LogP contribution in [0.2, 0.25) is 0 Å². The van der Waals surface area contributed by atoms with Crippen LogP contribution in [0.1, 0.15) is 5.56 Å². The maximum atomic E-state index is 5.47.